The number of hydrogen-bond donors (Lipinski definition) is 1. The van der Waals surface area contributed by atoms with Crippen molar-refractivity contribution in [2.45, 2.75) is 19.5 Å². The Bertz CT molecular complexity index is 91.8. The van der Waals surface area contributed by atoms with Crippen molar-refractivity contribution >= 4 is 0 Å². The van der Waals surface area contributed by atoms with Crippen LogP contribution < -0.4 is 0 Å². The summed E-state index contributed by atoms with van der Waals surface area (Å²) >= 11 is 0. The molecule has 0 aromatic rings. The molecule has 0 saturated carbocycles. The molecule has 0 radical (unpaired) electrons. The largest absolute Gasteiger partial charge is 0.761 e. The van der Waals surface area contributed by atoms with Crippen LogP contribution in [0, 0.1) is 5.21 Å². The van der Waals surface area contributed by atoms with Gasteiger partial charge in [-0.15, -0.1) is 0 Å². The van der Waals surface area contributed by atoms with E-state index in [2.05, 4.69) is 4.84 Å². The van der Waals surface area contributed by atoms with Gasteiger partial charge >= 0.3 is 0 Å². The maximum absolute atomic E-state index is 10.9. The molecule has 0 aromatic carbocycles. The molecule has 0 fully saturated rings. The molecular formula is C6H15N2O3-. The second kappa shape index (κ2) is 5.45. The topological polar surface area (TPSA) is 59.0 Å². The lowest BCUT2D eigenvalue weighted by Crippen LogP contribution is -2.43. The van der Waals surface area contributed by atoms with Gasteiger partial charge in [-0.2, -0.15) is 0 Å². The van der Waals surface area contributed by atoms with Crippen LogP contribution in [0.4, 0.5) is 0 Å². The Balaban J connectivity index is 3.92. The predicted molar refractivity (Wildman–Crippen MR) is 41.1 cm³/mol. The molecule has 1 N–H and O–H groups in total. The summed E-state index contributed by atoms with van der Waals surface area (Å²) in [6.07, 6.45) is 0.194. The fourth-order valence-electron chi connectivity index (χ4n) is 0.838. The van der Waals surface area contributed by atoms with Crippen molar-refractivity contribution in [3.63, 3.8) is 0 Å². The van der Waals surface area contributed by atoms with Crippen molar-refractivity contribution in [2.24, 2.45) is 0 Å². The monoisotopic (exact) mass is 163 g/mol. The van der Waals surface area contributed by atoms with Gasteiger partial charge in [0.1, 0.15) is 0 Å². The van der Waals surface area contributed by atoms with Gasteiger partial charge in [0.05, 0.1) is 20.0 Å². The highest BCUT2D eigenvalue weighted by atomic mass is 16.9. The minimum Gasteiger partial charge on any atom is -0.761 e. The molecule has 0 heterocycles. The molecule has 5 heteroatoms. The van der Waals surface area contributed by atoms with Crippen molar-refractivity contribution < 1.29 is 9.94 Å². The summed E-state index contributed by atoms with van der Waals surface area (Å²) in [5.41, 5.74) is 0. The van der Waals surface area contributed by atoms with Crippen LogP contribution >= 0.6 is 0 Å². The molecule has 0 amide bonds. The minimum atomic E-state index is -0.412. The zero-order valence-corrected chi connectivity index (χ0v) is 7.15. The number of hydrogen-bond acceptors (Lipinski definition) is 5. The van der Waals surface area contributed by atoms with Crippen molar-refractivity contribution in [3.8, 4) is 0 Å². The lowest BCUT2D eigenvalue weighted by molar-refractivity contribution is -0.168. The number of aliphatic hydroxyl groups excluding tert-OH is 1. The van der Waals surface area contributed by atoms with Gasteiger partial charge in [0.25, 0.3) is 0 Å². The first-order valence-electron chi connectivity index (χ1n) is 3.48. The Morgan fingerprint density at radius 2 is 2.18 bits per heavy atom. The van der Waals surface area contributed by atoms with E-state index in [0.29, 0.717) is 11.6 Å². The van der Waals surface area contributed by atoms with E-state index in [1.807, 2.05) is 6.92 Å². The van der Waals surface area contributed by atoms with Crippen LogP contribution in [-0.4, -0.2) is 42.3 Å². The van der Waals surface area contributed by atoms with E-state index >= 15 is 0 Å². The highest BCUT2D eigenvalue weighted by Crippen LogP contribution is 2.05. The third-order valence-electron chi connectivity index (χ3n) is 1.52. The number of hydroxylamine groups is 2. The van der Waals surface area contributed by atoms with E-state index < -0.39 is 6.17 Å². The fraction of sp³-hybridized carbons (Fsp3) is 1.00. The van der Waals surface area contributed by atoms with Crippen LogP contribution in [0.3, 0.4) is 0 Å². The highest BCUT2D eigenvalue weighted by Gasteiger charge is 2.12. The Kier molecular flexibility index (Phi) is 5.35. The Morgan fingerprint density at radius 3 is 2.45 bits per heavy atom. The summed E-state index contributed by atoms with van der Waals surface area (Å²) in [5, 5.41) is 20.0. The van der Waals surface area contributed by atoms with Crippen LogP contribution in [0.25, 0.3) is 0 Å². The minimum absolute atomic E-state index is 0.152. The lowest BCUT2D eigenvalue weighted by Gasteiger charge is -2.38. The van der Waals surface area contributed by atoms with Gasteiger partial charge in [-0.3, -0.25) is 4.90 Å². The highest BCUT2D eigenvalue weighted by molar-refractivity contribution is 4.60. The van der Waals surface area contributed by atoms with E-state index in [9.17, 15) is 5.21 Å². The quantitative estimate of drug-likeness (QED) is 0.455. The van der Waals surface area contributed by atoms with Gasteiger partial charge in [-0.1, -0.05) is 6.92 Å². The molecule has 0 spiro atoms. The molecule has 1 atom stereocenters. The first-order valence-corrected chi connectivity index (χ1v) is 3.48. The SMILES string of the molecule is CCC(N(C)CO)N([O-])OC. The summed E-state index contributed by atoms with van der Waals surface area (Å²) in [7, 11) is 2.96. The van der Waals surface area contributed by atoms with Gasteiger partial charge in [-0.25, -0.2) is 5.23 Å². The van der Waals surface area contributed by atoms with E-state index in [1.165, 1.54) is 12.0 Å². The first-order chi connectivity index (χ1) is 5.17. The first kappa shape index (κ1) is 10.8. The smallest absolute Gasteiger partial charge is 0.0966 e. The molecule has 0 aliphatic carbocycles. The van der Waals surface area contributed by atoms with E-state index in [0.717, 1.165) is 0 Å². The summed E-state index contributed by atoms with van der Waals surface area (Å²) in [4.78, 5) is 5.95. The van der Waals surface area contributed by atoms with Gasteiger partial charge in [0.15, 0.2) is 0 Å². The van der Waals surface area contributed by atoms with Gasteiger partial charge < -0.3 is 15.2 Å². The molecule has 68 valence electrons. The molecule has 11 heavy (non-hydrogen) atoms. The molecule has 0 aromatic heterocycles. The molecule has 0 aliphatic heterocycles. The van der Waals surface area contributed by atoms with Crippen LogP contribution in [0.2, 0.25) is 0 Å². The summed E-state index contributed by atoms with van der Waals surface area (Å²) < 4.78 is 0. The van der Waals surface area contributed by atoms with Gasteiger partial charge in [-0.05, 0) is 13.5 Å². The third kappa shape index (κ3) is 3.13. The summed E-state index contributed by atoms with van der Waals surface area (Å²) in [5.74, 6) is 0. The lowest BCUT2D eigenvalue weighted by atomic mass is 10.3. The molecular weight excluding hydrogens is 148 g/mol. The van der Waals surface area contributed by atoms with Gasteiger partial charge in [0.2, 0.25) is 0 Å². The van der Waals surface area contributed by atoms with Crippen LogP contribution in [-0.2, 0) is 4.84 Å². The molecule has 1 unspecified atom stereocenters. The average Bonchev–Trinajstić information content (AvgIpc) is 2.05. The maximum atomic E-state index is 10.9. The predicted octanol–water partition coefficient (Wildman–Crippen LogP) is -0.0347. The zero-order valence-electron chi connectivity index (χ0n) is 7.15. The standard InChI is InChI=1S/C6H15N2O3/c1-4-6(7(2)5-9)8(10)11-3/h6,9H,4-5H2,1-3H3/q-1. The number of nitrogens with zero attached hydrogens (tertiary/aromatic N) is 2. The third-order valence-corrected chi connectivity index (χ3v) is 1.52. The fourth-order valence-corrected chi connectivity index (χ4v) is 0.838. The molecule has 0 aliphatic rings. The van der Waals surface area contributed by atoms with Crippen LogP contribution in [0.5, 0.6) is 0 Å². The molecule has 0 rings (SSSR count). The Morgan fingerprint density at radius 1 is 1.64 bits per heavy atom. The van der Waals surface area contributed by atoms with Crippen molar-refractivity contribution in [1.82, 2.24) is 10.1 Å². The van der Waals surface area contributed by atoms with E-state index in [-0.39, 0.29) is 6.73 Å². The Hall–Kier alpha value is -0.200. The van der Waals surface area contributed by atoms with Crippen molar-refractivity contribution in [1.29, 1.82) is 0 Å². The number of rotatable bonds is 5. The molecule has 0 saturated heterocycles. The second-order valence-corrected chi connectivity index (χ2v) is 2.26. The summed E-state index contributed by atoms with van der Waals surface area (Å²) in [6, 6.07) is 0. The zero-order chi connectivity index (χ0) is 8.85. The molecule has 0 bridgehead atoms. The second-order valence-electron chi connectivity index (χ2n) is 2.26. The van der Waals surface area contributed by atoms with Crippen molar-refractivity contribution in [3.05, 3.63) is 5.21 Å². The van der Waals surface area contributed by atoms with Crippen LogP contribution in [0.1, 0.15) is 13.3 Å². The van der Waals surface area contributed by atoms with E-state index in [1.54, 1.807) is 7.05 Å². The summed E-state index contributed by atoms with van der Waals surface area (Å²) in [6.45, 7) is 1.70. The maximum Gasteiger partial charge on any atom is 0.0966 e. The van der Waals surface area contributed by atoms with Crippen molar-refractivity contribution in [2.75, 3.05) is 20.9 Å². The normalized spacial score (nSPS) is 14.5. The van der Waals surface area contributed by atoms with E-state index in [4.69, 9.17) is 5.11 Å². The van der Waals surface area contributed by atoms with Crippen LogP contribution in [0.15, 0.2) is 0 Å². The molecule has 5 nitrogen and oxygen atoms in total. The number of aliphatic hydroxyl groups is 1. The van der Waals surface area contributed by atoms with Gasteiger partial charge in [0, 0.05) is 0 Å². The average molecular weight is 163 g/mol. The Labute approximate surface area is 66.7 Å².